The van der Waals surface area contributed by atoms with Crippen molar-refractivity contribution in [3.05, 3.63) is 41.0 Å². The number of rotatable bonds is 5. The second kappa shape index (κ2) is 7.19. The third kappa shape index (κ3) is 3.53. The van der Waals surface area contributed by atoms with Crippen LogP contribution in [0.1, 0.15) is 55.6 Å². The van der Waals surface area contributed by atoms with Crippen LogP contribution in [-0.4, -0.2) is 11.5 Å². The molecular weight excluding hydrogens is 276 g/mol. The molecule has 1 aromatic heterocycles. The molecule has 2 nitrogen and oxygen atoms in total. The van der Waals surface area contributed by atoms with E-state index in [0.717, 1.165) is 13.1 Å². The summed E-state index contributed by atoms with van der Waals surface area (Å²) in [7, 11) is 0. The van der Waals surface area contributed by atoms with E-state index in [1.165, 1.54) is 53.2 Å². The Labute approximate surface area is 131 Å². The summed E-state index contributed by atoms with van der Waals surface area (Å²) < 4.78 is 0. The molecule has 0 saturated heterocycles. The van der Waals surface area contributed by atoms with Crippen LogP contribution in [0.5, 0.6) is 0 Å². The molecule has 0 bridgehead atoms. The van der Waals surface area contributed by atoms with Gasteiger partial charge in [0.05, 0.1) is 15.6 Å². The maximum atomic E-state index is 5.00. The van der Waals surface area contributed by atoms with Gasteiger partial charge >= 0.3 is 0 Å². The molecule has 1 fully saturated rings. The van der Waals surface area contributed by atoms with Gasteiger partial charge in [0.1, 0.15) is 0 Å². The van der Waals surface area contributed by atoms with Gasteiger partial charge < -0.3 is 5.32 Å². The Kier molecular flexibility index (Phi) is 5.04. The van der Waals surface area contributed by atoms with E-state index in [2.05, 4.69) is 42.6 Å². The minimum Gasteiger partial charge on any atom is -0.311 e. The number of nitrogens with one attached hydrogen (secondary N) is 1. The van der Waals surface area contributed by atoms with Crippen LogP contribution in [0.25, 0.3) is 10.4 Å². The molecule has 1 N–H and O–H groups in total. The minimum absolute atomic E-state index is 0.696. The molecule has 0 atom stereocenters. The smallest absolute Gasteiger partial charge is 0.0966 e. The summed E-state index contributed by atoms with van der Waals surface area (Å²) in [5.41, 5.74) is 2.54. The number of nitrogens with zero attached hydrogens (tertiary/aromatic N) is 1. The summed E-state index contributed by atoms with van der Waals surface area (Å²) in [5, 5.41) is 4.80. The Morgan fingerprint density at radius 1 is 1.14 bits per heavy atom. The van der Waals surface area contributed by atoms with Gasteiger partial charge in [0, 0.05) is 12.5 Å². The van der Waals surface area contributed by atoms with Gasteiger partial charge in [0.15, 0.2) is 0 Å². The summed E-state index contributed by atoms with van der Waals surface area (Å²) in [6, 6.07) is 10.7. The van der Waals surface area contributed by atoms with E-state index in [0.29, 0.717) is 5.92 Å². The number of benzene rings is 1. The molecule has 1 aliphatic rings. The van der Waals surface area contributed by atoms with Crippen LogP contribution in [-0.2, 0) is 6.54 Å². The van der Waals surface area contributed by atoms with Gasteiger partial charge in [0.2, 0.25) is 0 Å². The van der Waals surface area contributed by atoms with E-state index in [9.17, 15) is 0 Å². The molecule has 0 amide bonds. The molecular formula is C18H24N2S. The second-order valence-corrected chi connectivity index (χ2v) is 6.84. The normalized spacial score (nSPS) is 16.2. The third-order valence-electron chi connectivity index (χ3n) is 4.25. The largest absolute Gasteiger partial charge is 0.311 e. The molecule has 2 aromatic rings. The average Bonchev–Trinajstić information content (AvgIpc) is 2.99. The Morgan fingerprint density at radius 2 is 1.90 bits per heavy atom. The predicted molar refractivity (Wildman–Crippen MR) is 90.8 cm³/mol. The van der Waals surface area contributed by atoms with Crippen molar-refractivity contribution < 1.29 is 0 Å². The van der Waals surface area contributed by atoms with Crippen LogP contribution < -0.4 is 5.32 Å². The van der Waals surface area contributed by atoms with Gasteiger partial charge in [-0.2, -0.15) is 0 Å². The lowest BCUT2D eigenvalue weighted by Gasteiger charge is -2.18. The van der Waals surface area contributed by atoms with Crippen molar-refractivity contribution in [2.24, 2.45) is 0 Å². The van der Waals surface area contributed by atoms with Crippen molar-refractivity contribution >= 4 is 11.3 Å². The van der Waals surface area contributed by atoms with Gasteiger partial charge in [-0.25, -0.2) is 4.98 Å². The molecule has 3 heteroatoms. The molecule has 0 aliphatic heterocycles. The Balaban J connectivity index is 1.90. The molecule has 1 aliphatic carbocycles. The zero-order valence-electron chi connectivity index (χ0n) is 12.8. The predicted octanol–water partition coefficient (Wildman–Crippen LogP) is 4.97. The summed E-state index contributed by atoms with van der Waals surface area (Å²) in [6.07, 6.45) is 6.78. The lowest BCUT2D eigenvalue weighted by atomic mass is 9.90. The van der Waals surface area contributed by atoms with Crippen LogP contribution in [0.3, 0.4) is 0 Å². The molecule has 0 unspecified atom stereocenters. The molecule has 0 spiro atoms. The summed E-state index contributed by atoms with van der Waals surface area (Å²) in [4.78, 5) is 6.36. The number of hydrogen-bond acceptors (Lipinski definition) is 3. The highest BCUT2D eigenvalue weighted by Crippen LogP contribution is 2.39. The zero-order valence-corrected chi connectivity index (χ0v) is 13.6. The fourth-order valence-corrected chi connectivity index (χ4v) is 4.33. The second-order valence-electron chi connectivity index (χ2n) is 5.81. The molecule has 21 heavy (non-hydrogen) atoms. The molecule has 1 heterocycles. The highest BCUT2D eigenvalue weighted by atomic mass is 32.1. The lowest BCUT2D eigenvalue weighted by molar-refractivity contribution is 0.441. The van der Waals surface area contributed by atoms with E-state index in [1.807, 2.05) is 11.3 Å². The summed E-state index contributed by atoms with van der Waals surface area (Å²) in [5.74, 6) is 0.696. The maximum absolute atomic E-state index is 5.00. The first-order valence-electron chi connectivity index (χ1n) is 8.14. The highest BCUT2D eigenvalue weighted by Gasteiger charge is 2.21. The fourth-order valence-electron chi connectivity index (χ4n) is 3.07. The SMILES string of the molecule is CCNCc1nc(C2CCCCC2)sc1-c1ccccc1. The monoisotopic (exact) mass is 300 g/mol. The standard InChI is InChI=1S/C18H24N2S/c1-2-19-13-16-17(14-9-5-3-6-10-14)21-18(20-16)15-11-7-4-8-12-15/h3,5-6,9-10,15,19H,2,4,7-8,11-13H2,1H3. The molecule has 112 valence electrons. The molecule has 3 rings (SSSR count). The first kappa shape index (κ1) is 14.7. The molecule has 1 aromatic carbocycles. The van der Waals surface area contributed by atoms with Gasteiger partial charge in [-0.3, -0.25) is 0 Å². The lowest BCUT2D eigenvalue weighted by Crippen LogP contribution is -2.13. The average molecular weight is 300 g/mol. The minimum atomic E-state index is 0.696. The van der Waals surface area contributed by atoms with Gasteiger partial charge in [-0.1, -0.05) is 56.5 Å². The van der Waals surface area contributed by atoms with E-state index in [1.54, 1.807) is 0 Å². The summed E-state index contributed by atoms with van der Waals surface area (Å²) in [6.45, 7) is 4.02. The first-order chi connectivity index (χ1) is 10.4. The van der Waals surface area contributed by atoms with E-state index in [-0.39, 0.29) is 0 Å². The van der Waals surface area contributed by atoms with Crippen molar-refractivity contribution in [3.8, 4) is 10.4 Å². The van der Waals surface area contributed by atoms with Crippen LogP contribution >= 0.6 is 11.3 Å². The van der Waals surface area contributed by atoms with Crippen molar-refractivity contribution in [1.29, 1.82) is 0 Å². The molecule has 0 radical (unpaired) electrons. The van der Waals surface area contributed by atoms with Gasteiger partial charge in [0.25, 0.3) is 0 Å². The van der Waals surface area contributed by atoms with Crippen LogP contribution in [0.15, 0.2) is 30.3 Å². The van der Waals surface area contributed by atoms with Crippen LogP contribution in [0.4, 0.5) is 0 Å². The van der Waals surface area contributed by atoms with Crippen molar-refractivity contribution in [2.75, 3.05) is 6.54 Å². The first-order valence-corrected chi connectivity index (χ1v) is 8.96. The van der Waals surface area contributed by atoms with Crippen LogP contribution in [0, 0.1) is 0 Å². The fraction of sp³-hybridized carbons (Fsp3) is 0.500. The van der Waals surface area contributed by atoms with Crippen molar-refractivity contribution in [2.45, 2.75) is 51.5 Å². The van der Waals surface area contributed by atoms with Crippen LogP contribution in [0.2, 0.25) is 0 Å². The highest BCUT2D eigenvalue weighted by molar-refractivity contribution is 7.15. The van der Waals surface area contributed by atoms with E-state index >= 15 is 0 Å². The zero-order chi connectivity index (χ0) is 14.5. The van der Waals surface area contributed by atoms with Gasteiger partial charge in [-0.05, 0) is 24.9 Å². The Hall–Kier alpha value is -1.19. The summed E-state index contributed by atoms with van der Waals surface area (Å²) >= 11 is 1.92. The van der Waals surface area contributed by atoms with Crippen molar-refractivity contribution in [1.82, 2.24) is 10.3 Å². The number of aromatic nitrogens is 1. The third-order valence-corrected chi connectivity index (χ3v) is 5.56. The van der Waals surface area contributed by atoms with E-state index in [4.69, 9.17) is 4.98 Å². The van der Waals surface area contributed by atoms with E-state index < -0.39 is 0 Å². The maximum Gasteiger partial charge on any atom is 0.0966 e. The van der Waals surface area contributed by atoms with Crippen molar-refractivity contribution in [3.63, 3.8) is 0 Å². The number of thiazole rings is 1. The Bertz CT molecular complexity index is 556. The van der Waals surface area contributed by atoms with Gasteiger partial charge in [-0.15, -0.1) is 11.3 Å². The number of hydrogen-bond donors (Lipinski definition) is 1. The quantitative estimate of drug-likeness (QED) is 0.843. The molecule has 1 saturated carbocycles. The topological polar surface area (TPSA) is 24.9 Å². The Morgan fingerprint density at radius 3 is 2.62 bits per heavy atom.